The van der Waals surface area contributed by atoms with Crippen LogP contribution in [0, 0.1) is 0 Å². The van der Waals surface area contributed by atoms with Gasteiger partial charge in [0.2, 0.25) is 0 Å². The Morgan fingerprint density at radius 1 is 1.14 bits per heavy atom. The van der Waals surface area contributed by atoms with Gasteiger partial charge < -0.3 is 14.5 Å². The van der Waals surface area contributed by atoms with Gasteiger partial charge in [0.05, 0.1) is 31.2 Å². The Hall–Kier alpha value is -2.82. The smallest absolute Gasteiger partial charge is 0.339 e. The fourth-order valence-corrected chi connectivity index (χ4v) is 2.17. The van der Waals surface area contributed by atoms with Gasteiger partial charge in [0.1, 0.15) is 5.75 Å². The van der Waals surface area contributed by atoms with Crippen LogP contribution in [0.1, 0.15) is 10.4 Å². The number of pyridine rings is 1. The number of esters is 1. The Kier molecular flexibility index (Phi) is 3.31. The molecule has 0 radical (unpaired) electrons. The summed E-state index contributed by atoms with van der Waals surface area (Å²) in [6.07, 6.45) is 1.51. The monoisotopic (exact) mass is 282 g/mol. The number of carbonyl (C=O) groups excluding carboxylic acids is 1. The number of rotatable bonds is 3. The van der Waals surface area contributed by atoms with Crippen LogP contribution < -0.4 is 4.74 Å². The topological polar surface area (TPSA) is 64.2 Å². The minimum absolute atomic E-state index is 0.393. The first-order chi connectivity index (χ1) is 10.2. The van der Waals surface area contributed by atoms with Crippen LogP contribution in [0.15, 0.2) is 42.6 Å². The maximum Gasteiger partial charge on any atom is 0.339 e. The fourth-order valence-electron chi connectivity index (χ4n) is 2.17. The van der Waals surface area contributed by atoms with E-state index >= 15 is 0 Å². The van der Waals surface area contributed by atoms with E-state index in [-0.39, 0.29) is 0 Å². The van der Waals surface area contributed by atoms with Gasteiger partial charge in [-0.15, -0.1) is 0 Å². The van der Waals surface area contributed by atoms with Gasteiger partial charge in [-0.25, -0.2) is 4.79 Å². The van der Waals surface area contributed by atoms with Crippen LogP contribution in [0.4, 0.5) is 0 Å². The Morgan fingerprint density at radius 2 is 2.00 bits per heavy atom. The summed E-state index contributed by atoms with van der Waals surface area (Å²) < 4.78 is 9.87. The van der Waals surface area contributed by atoms with Gasteiger partial charge in [0.15, 0.2) is 0 Å². The summed E-state index contributed by atoms with van der Waals surface area (Å²) in [7, 11) is 2.99. The first-order valence-corrected chi connectivity index (χ1v) is 6.43. The zero-order chi connectivity index (χ0) is 14.8. The molecule has 2 heterocycles. The zero-order valence-corrected chi connectivity index (χ0v) is 11.7. The van der Waals surface area contributed by atoms with Crippen molar-refractivity contribution in [1.29, 1.82) is 0 Å². The number of nitrogens with zero attached hydrogens (tertiary/aromatic N) is 1. The first kappa shape index (κ1) is 13.2. The molecule has 5 nitrogen and oxygen atoms in total. The number of aromatic nitrogens is 2. The number of carbonyl (C=O) groups is 1. The minimum atomic E-state index is -0.393. The van der Waals surface area contributed by atoms with E-state index in [0.29, 0.717) is 5.56 Å². The molecular formula is C16H14N2O3. The maximum absolute atomic E-state index is 11.4. The van der Waals surface area contributed by atoms with Crippen molar-refractivity contribution in [2.45, 2.75) is 0 Å². The molecule has 0 aliphatic carbocycles. The molecule has 0 atom stereocenters. The number of nitrogens with one attached hydrogen (secondary N) is 1. The predicted molar refractivity (Wildman–Crippen MR) is 79.4 cm³/mol. The average Bonchev–Trinajstić information content (AvgIpc) is 2.97. The lowest BCUT2D eigenvalue weighted by molar-refractivity contribution is 0.0600. The van der Waals surface area contributed by atoms with Gasteiger partial charge in [-0.3, -0.25) is 4.98 Å². The maximum atomic E-state index is 11.4. The number of H-pyrrole nitrogens is 1. The molecule has 21 heavy (non-hydrogen) atoms. The number of hydrogen-bond donors (Lipinski definition) is 1. The molecule has 3 aromatic rings. The highest BCUT2D eigenvalue weighted by molar-refractivity contribution is 5.90. The molecule has 106 valence electrons. The van der Waals surface area contributed by atoms with Gasteiger partial charge >= 0.3 is 5.97 Å². The third-order valence-electron chi connectivity index (χ3n) is 3.29. The van der Waals surface area contributed by atoms with Crippen LogP contribution in [0.2, 0.25) is 0 Å². The number of ether oxygens (including phenoxy) is 2. The van der Waals surface area contributed by atoms with E-state index in [4.69, 9.17) is 4.74 Å². The first-order valence-electron chi connectivity index (χ1n) is 6.43. The van der Waals surface area contributed by atoms with Gasteiger partial charge in [-0.05, 0) is 36.4 Å². The van der Waals surface area contributed by atoms with Gasteiger partial charge in [0.25, 0.3) is 0 Å². The summed E-state index contributed by atoms with van der Waals surface area (Å²) in [5.74, 6) is 0.414. The Labute approximate surface area is 121 Å². The van der Waals surface area contributed by atoms with Crippen molar-refractivity contribution in [2.24, 2.45) is 0 Å². The molecule has 0 saturated carbocycles. The van der Waals surface area contributed by atoms with E-state index in [1.54, 1.807) is 19.2 Å². The van der Waals surface area contributed by atoms with E-state index < -0.39 is 5.97 Å². The zero-order valence-electron chi connectivity index (χ0n) is 11.7. The molecule has 0 amide bonds. The molecule has 0 saturated heterocycles. The van der Waals surface area contributed by atoms with E-state index in [2.05, 4.69) is 14.7 Å². The molecule has 0 aliphatic heterocycles. The lowest BCUT2D eigenvalue weighted by Gasteiger charge is -2.00. The molecule has 1 N–H and O–H groups in total. The van der Waals surface area contributed by atoms with Crippen LogP contribution in [-0.2, 0) is 4.74 Å². The third kappa shape index (κ3) is 2.45. The van der Waals surface area contributed by atoms with Gasteiger partial charge in [-0.1, -0.05) is 0 Å². The molecule has 5 heteroatoms. The standard InChI is InChI=1S/C16H14N2O3/c1-20-12-4-6-13-11(7-12)8-15(18-13)14-5-3-10(9-17-14)16(19)21-2/h3-9,18H,1-2H3. The molecule has 0 spiro atoms. The van der Waals surface area contributed by atoms with Crippen molar-refractivity contribution in [3.8, 4) is 17.1 Å². The highest BCUT2D eigenvalue weighted by atomic mass is 16.5. The largest absolute Gasteiger partial charge is 0.497 e. The van der Waals surface area contributed by atoms with Crippen LogP contribution in [0.3, 0.4) is 0 Å². The summed E-state index contributed by atoms with van der Waals surface area (Å²) in [5, 5.41) is 1.04. The normalized spacial score (nSPS) is 10.6. The molecule has 0 aliphatic rings. The quantitative estimate of drug-likeness (QED) is 0.750. The molecule has 0 unspecified atom stereocenters. The molecule has 3 rings (SSSR count). The van der Waals surface area contributed by atoms with Crippen molar-refractivity contribution in [3.05, 3.63) is 48.2 Å². The highest BCUT2D eigenvalue weighted by Crippen LogP contribution is 2.26. The summed E-state index contributed by atoms with van der Waals surface area (Å²) in [5.41, 5.74) is 3.08. The summed E-state index contributed by atoms with van der Waals surface area (Å²) >= 11 is 0. The molecule has 0 bridgehead atoms. The third-order valence-corrected chi connectivity index (χ3v) is 3.29. The fraction of sp³-hybridized carbons (Fsp3) is 0.125. The van der Waals surface area contributed by atoms with E-state index in [1.165, 1.54) is 13.3 Å². The Bertz CT molecular complexity index is 791. The van der Waals surface area contributed by atoms with Crippen LogP contribution in [0.25, 0.3) is 22.3 Å². The van der Waals surface area contributed by atoms with Crippen LogP contribution in [0.5, 0.6) is 5.75 Å². The second-order valence-electron chi connectivity index (χ2n) is 4.56. The van der Waals surface area contributed by atoms with E-state index in [1.807, 2.05) is 24.3 Å². The van der Waals surface area contributed by atoms with Crippen LogP contribution >= 0.6 is 0 Å². The van der Waals surface area contributed by atoms with Gasteiger partial charge in [-0.2, -0.15) is 0 Å². The SMILES string of the molecule is COC(=O)c1ccc(-c2cc3cc(OC)ccc3[nH]2)nc1. The number of benzene rings is 1. The molecule has 2 aromatic heterocycles. The molecule has 1 aromatic carbocycles. The number of fused-ring (bicyclic) bond motifs is 1. The lowest BCUT2D eigenvalue weighted by atomic mass is 10.2. The number of aromatic amines is 1. The number of methoxy groups -OCH3 is 2. The molecule has 0 fully saturated rings. The van der Waals surface area contributed by atoms with Crippen molar-refractivity contribution in [3.63, 3.8) is 0 Å². The lowest BCUT2D eigenvalue weighted by Crippen LogP contribution is -2.01. The average molecular weight is 282 g/mol. The van der Waals surface area contributed by atoms with Gasteiger partial charge in [0, 0.05) is 17.1 Å². The predicted octanol–water partition coefficient (Wildman–Crippen LogP) is 3.03. The second kappa shape index (κ2) is 5.28. The van der Waals surface area contributed by atoms with Crippen molar-refractivity contribution >= 4 is 16.9 Å². The Morgan fingerprint density at radius 3 is 2.67 bits per heavy atom. The highest BCUT2D eigenvalue weighted by Gasteiger charge is 2.08. The van der Waals surface area contributed by atoms with E-state index in [0.717, 1.165) is 28.0 Å². The second-order valence-corrected chi connectivity index (χ2v) is 4.56. The van der Waals surface area contributed by atoms with Crippen molar-refractivity contribution in [2.75, 3.05) is 14.2 Å². The van der Waals surface area contributed by atoms with Crippen LogP contribution in [-0.4, -0.2) is 30.2 Å². The van der Waals surface area contributed by atoms with Crippen molar-refractivity contribution in [1.82, 2.24) is 9.97 Å². The molecular weight excluding hydrogens is 268 g/mol. The summed E-state index contributed by atoms with van der Waals surface area (Å²) in [6.45, 7) is 0. The number of hydrogen-bond acceptors (Lipinski definition) is 4. The van der Waals surface area contributed by atoms with E-state index in [9.17, 15) is 4.79 Å². The minimum Gasteiger partial charge on any atom is -0.497 e. The summed E-state index contributed by atoms with van der Waals surface area (Å²) in [6, 6.07) is 11.3. The summed E-state index contributed by atoms with van der Waals surface area (Å²) in [4.78, 5) is 19.0. The van der Waals surface area contributed by atoms with Crippen molar-refractivity contribution < 1.29 is 14.3 Å². The Balaban J connectivity index is 1.98.